The van der Waals surface area contributed by atoms with Gasteiger partial charge in [-0.3, -0.25) is 9.59 Å². The van der Waals surface area contributed by atoms with Gasteiger partial charge in [0.05, 0.1) is 27.1 Å². The third-order valence-corrected chi connectivity index (χ3v) is 5.52. The highest BCUT2D eigenvalue weighted by molar-refractivity contribution is 8.00. The molecule has 3 aromatic rings. The zero-order valence-corrected chi connectivity index (χ0v) is 18.8. The number of nitrogens with one attached hydrogen (secondary N) is 2. The number of ether oxygens (including phenoxy) is 3. The summed E-state index contributed by atoms with van der Waals surface area (Å²) in [4.78, 5) is 25.8. The van der Waals surface area contributed by atoms with Gasteiger partial charge in [-0.1, -0.05) is 6.07 Å². The number of benzene rings is 3. The highest BCUT2D eigenvalue weighted by Gasteiger charge is 2.18. The summed E-state index contributed by atoms with van der Waals surface area (Å²) < 4.78 is 15.7. The van der Waals surface area contributed by atoms with Crippen LogP contribution in [0.2, 0.25) is 0 Å². The first-order chi connectivity index (χ1) is 15.5. The van der Waals surface area contributed by atoms with Crippen LogP contribution in [0.25, 0.3) is 0 Å². The van der Waals surface area contributed by atoms with Crippen LogP contribution in [-0.4, -0.2) is 38.9 Å². The van der Waals surface area contributed by atoms with E-state index in [1.54, 1.807) is 61.7 Å². The van der Waals surface area contributed by atoms with E-state index in [1.165, 1.54) is 26.0 Å². The maximum Gasteiger partial charge on any atom is 0.263 e. The van der Waals surface area contributed by atoms with E-state index >= 15 is 0 Å². The molecule has 0 aliphatic heterocycles. The summed E-state index contributed by atoms with van der Waals surface area (Å²) in [5, 5.41) is 5.69. The Morgan fingerprint density at radius 1 is 0.750 bits per heavy atom. The van der Waals surface area contributed by atoms with Gasteiger partial charge in [-0.05, 0) is 60.7 Å². The molecule has 7 nitrogen and oxygen atoms in total. The molecule has 0 atom stereocenters. The molecule has 0 fully saturated rings. The van der Waals surface area contributed by atoms with Gasteiger partial charge >= 0.3 is 0 Å². The van der Waals surface area contributed by atoms with Gasteiger partial charge in [-0.15, -0.1) is 11.8 Å². The first kappa shape index (κ1) is 23.0. The fourth-order valence-corrected chi connectivity index (χ4v) is 3.62. The summed E-state index contributed by atoms with van der Waals surface area (Å²) in [5.74, 6) is 1.40. The molecule has 2 N–H and O–H groups in total. The summed E-state index contributed by atoms with van der Waals surface area (Å²) in [6.07, 6.45) is 0. The Morgan fingerprint density at radius 3 is 1.88 bits per heavy atom. The van der Waals surface area contributed by atoms with Crippen molar-refractivity contribution >= 4 is 35.0 Å². The summed E-state index contributed by atoms with van der Waals surface area (Å²) in [6, 6.07) is 19.6. The molecule has 8 heteroatoms. The van der Waals surface area contributed by atoms with Crippen molar-refractivity contribution in [3.05, 3.63) is 72.3 Å². The molecule has 0 heterocycles. The van der Waals surface area contributed by atoms with Crippen LogP contribution in [0.3, 0.4) is 0 Å². The summed E-state index contributed by atoms with van der Waals surface area (Å²) >= 11 is 1.40. The number of amides is 2. The fourth-order valence-electron chi connectivity index (χ4n) is 2.92. The lowest BCUT2D eigenvalue weighted by molar-refractivity contribution is -0.113. The zero-order valence-electron chi connectivity index (χ0n) is 18.0. The number of rotatable bonds is 9. The molecule has 2 amide bonds. The predicted octanol–water partition coefficient (Wildman–Crippen LogP) is 4.70. The maximum absolute atomic E-state index is 12.8. The third kappa shape index (κ3) is 5.95. The molecule has 0 aliphatic rings. The number of hydrogen-bond donors (Lipinski definition) is 2. The Labute approximate surface area is 191 Å². The van der Waals surface area contributed by atoms with Crippen molar-refractivity contribution in [2.45, 2.75) is 4.90 Å². The number of anilines is 2. The van der Waals surface area contributed by atoms with Crippen molar-refractivity contribution in [3.8, 4) is 17.2 Å². The SMILES string of the molecule is COc1ccc(NC(=O)CSc2ccc(NC(=O)c3c(OC)cccc3OC)cc2)cc1. The van der Waals surface area contributed by atoms with Crippen molar-refractivity contribution in [2.24, 2.45) is 0 Å². The van der Waals surface area contributed by atoms with Crippen LogP contribution in [-0.2, 0) is 4.79 Å². The standard InChI is InChI=1S/C24H24N2O5S/c1-29-18-11-7-16(8-12-18)25-22(27)15-32-19-13-9-17(10-14-19)26-24(28)23-20(30-2)5-4-6-21(23)31-3/h4-14H,15H2,1-3H3,(H,25,27)(H,26,28). The van der Waals surface area contributed by atoms with E-state index in [4.69, 9.17) is 14.2 Å². The predicted molar refractivity (Wildman–Crippen MR) is 126 cm³/mol. The number of carbonyl (C=O) groups is 2. The van der Waals surface area contributed by atoms with E-state index in [-0.39, 0.29) is 17.6 Å². The number of hydrogen-bond acceptors (Lipinski definition) is 6. The Bertz CT molecular complexity index is 1050. The Morgan fingerprint density at radius 2 is 1.31 bits per heavy atom. The topological polar surface area (TPSA) is 85.9 Å². The van der Waals surface area contributed by atoms with Crippen molar-refractivity contribution in [3.63, 3.8) is 0 Å². The van der Waals surface area contributed by atoms with E-state index in [0.717, 1.165) is 10.6 Å². The van der Waals surface area contributed by atoms with Gasteiger partial charge in [-0.25, -0.2) is 0 Å². The van der Waals surface area contributed by atoms with E-state index in [1.807, 2.05) is 12.1 Å². The van der Waals surface area contributed by atoms with Crippen LogP contribution in [0.5, 0.6) is 17.2 Å². The van der Waals surface area contributed by atoms with Gasteiger partial charge in [0, 0.05) is 16.3 Å². The number of carbonyl (C=O) groups excluding carboxylic acids is 2. The highest BCUT2D eigenvalue weighted by Crippen LogP contribution is 2.29. The van der Waals surface area contributed by atoms with E-state index < -0.39 is 0 Å². The van der Waals surface area contributed by atoms with Crippen molar-refractivity contribution in [1.82, 2.24) is 0 Å². The van der Waals surface area contributed by atoms with E-state index in [0.29, 0.717) is 28.4 Å². The maximum atomic E-state index is 12.8. The van der Waals surface area contributed by atoms with Crippen LogP contribution in [0.1, 0.15) is 10.4 Å². The Kier molecular flexibility index (Phi) is 7.99. The molecule has 32 heavy (non-hydrogen) atoms. The van der Waals surface area contributed by atoms with Crippen molar-refractivity contribution in [2.75, 3.05) is 37.7 Å². The lowest BCUT2D eigenvalue weighted by Crippen LogP contribution is -2.14. The minimum atomic E-state index is -0.335. The smallest absolute Gasteiger partial charge is 0.263 e. The molecule has 0 radical (unpaired) electrons. The van der Waals surface area contributed by atoms with Gasteiger partial charge in [-0.2, -0.15) is 0 Å². The molecule has 0 aliphatic carbocycles. The molecule has 0 bridgehead atoms. The molecule has 0 aromatic heterocycles. The van der Waals surface area contributed by atoms with Crippen LogP contribution >= 0.6 is 11.8 Å². The first-order valence-electron chi connectivity index (χ1n) is 9.73. The molecule has 0 saturated carbocycles. The van der Waals surface area contributed by atoms with Crippen LogP contribution < -0.4 is 24.8 Å². The number of thioether (sulfide) groups is 1. The van der Waals surface area contributed by atoms with Crippen LogP contribution in [0.4, 0.5) is 11.4 Å². The lowest BCUT2D eigenvalue weighted by Gasteiger charge is -2.13. The third-order valence-electron chi connectivity index (χ3n) is 4.51. The molecule has 0 unspecified atom stereocenters. The van der Waals surface area contributed by atoms with E-state index in [9.17, 15) is 9.59 Å². The largest absolute Gasteiger partial charge is 0.497 e. The van der Waals surface area contributed by atoms with Gasteiger partial charge in [0.1, 0.15) is 22.8 Å². The molecule has 166 valence electrons. The minimum Gasteiger partial charge on any atom is -0.497 e. The monoisotopic (exact) mass is 452 g/mol. The molecule has 3 rings (SSSR count). The van der Waals surface area contributed by atoms with Gasteiger partial charge in [0.15, 0.2) is 0 Å². The minimum absolute atomic E-state index is 0.110. The van der Waals surface area contributed by atoms with Crippen molar-refractivity contribution < 1.29 is 23.8 Å². The van der Waals surface area contributed by atoms with Gasteiger partial charge in [0.2, 0.25) is 5.91 Å². The summed E-state index contributed by atoms with van der Waals surface area (Å²) in [7, 11) is 4.60. The number of methoxy groups -OCH3 is 3. The second kappa shape index (κ2) is 11.1. The quantitative estimate of drug-likeness (QED) is 0.458. The second-order valence-electron chi connectivity index (χ2n) is 6.58. The summed E-state index contributed by atoms with van der Waals surface area (Å²) in [6.45, 7) is 0. The van der Waals surface area contributed by atoms with E-state index in [2.05, 4.69) is 10.6 Å². The second-order valence-corrected chi connectivity index (χ2v) is 7.63. The average Bonchev–Trinajstić information content (AvgIpc) is 2.83. The fraction of sp³-hybridized carbons (Fsp3) is 0.167. The molecule has 3 aromatic carbocycles. The molecule has 0 spiro atoms. The van der Waals surface area contributed by atoms with Gasteiger partial charge in [0.25, 0.3) is 5.91 Å². The molecular formula is C24H24N2O5S. The first-order valence-corrected chi connectivity index (χ1v) is 10.7. The highest BCUT2D eigenvalue weighted by atomic mass is 32.2. The summed E-state index contributed by atoms with van der Waals surface area (Å²) in [5.41, 5.74) is 1.65. The normalized spacial score (nSPS) is 10.2. The zero-order chi connectivity index (χ0) is 22.9. The Balaban J connectivity index is 1.56. The lowest BCUT2D eigenvalue weighted by atomic mass is 10.1. The molecular weight excluding hydrogens is 428 g/mol. The van der Waals surface area contributed by atoms with Crippen molar-refractivity contribution in [1.29, 1.82) is 0 Å². The van der Waals surface area contributed by atoms with Crippen LogP contribution in [0, 0.1) is 0 Å². The van der Waals surface area contributed by atoms with Crippen LogP contribution in [0.15, 0.2) is 71.6 Å². The molecule has 0 saturated heterocycles. The average molecular weight is 453 g/mol. The van der Waals surface area contributed by atoms with Gasteiger partial charge < -0.3 is 24.8 Å². The Hall–Kier alpha value is -3.65.